The van der Waals surface area contributed by atoms with Crippen molar-refractivity contribution in [2.24, 2.45) is 11.7 Å². The summed E-state index contributed by atoms with van der Waals surface area (Å²) in [5, 5.41) is 0. The van der Waals surface area contributed by atoms with Gasteiger partial charge in [0.25, 0.3) is 0 Å². The van der Waals surface area contributed by atoms with Crippen molar-refractivity contribution in [1.82, 2.24) is 9.80 Å². The molecule has 2 heterocycles. The molecular formula is C14H25N3O2. The lowest BCUT2D eigenvalue weighted by Crippen LogP contribution is -2.52. The molecule has 19 heavy (non-hydrogen) atoms. The van der Waals surface area contributed by atoms with Crippen LogP contribution in [-0.2, 0) is 9.59 Å². The van der Waals surface area contributed by atoms with Gasteiger partial charge in [-0.25, -0.2) is 0 Å². The summed E-state index contributed by atoms with van der Waals surface area (Å²) in [6.45, 7) is 5.10. The maximum Gasteiger partial charge on any atom is 0.236 e. The molecule has 0 unspecified atom stereocenters. The Bertz CT molecular complexity index is 338. The van der Waals surface area contributed by atoms with Gasteiger partial charge in [0, 0.05) is 13.1 Å². The van der Waals surface area contributed by atoms with E-state index in [4.69, 9.17) is 5.73 Å². The fourth-order valence-electron chi connectivity index (χ4n) is 3.03. The van der Waals surface area contributed by atoms with Crippen molar-refractivity contribution < 1.29 is 9.59 Å². The maximum atomic E-state index is 12.3. The number of carbonyl (C=O) groups is 2. The van der Waals surface area contributed by atoms with Gasteiger partial charge in [0.15, 0.2) is 0 Å². The monoisotopic (exact) mass is 267 g/mol. The Balaban J connectivity index is 1.88. The first-order valence-electron chi connectivity index (χ1n) is 7.39. The third-order valence-electron chi connectivity index (χ3n) is 4.42. The van der Waals surface area contributed by atoms with E-state index in [0.717, 1.165) is 57.7 Å². The standard InChI is InChI=1S/C14H25N3O2/c1-11-5-8-16(9-6-11)13(18)10-17-7-3-2-4-12(17)14(15)19/h11-12H,2-10H2,1H3,(H2,15,19)/t12-/m1/s1. The molecule has 2 saturated heterocycles. The Morgan fingerprint density at radius 3 is 2.42 bits per heavy atom. The second kappa shape index (κ2) is 6.37. The van der Waals surface area contributed by atoms with E-state index in [9.17, 15) is 9.59 Å². The number of carbonyl (C=O) groups excluding carboxylic acids is 2. The highest BCUT2D eigenvalue weighted by molar-refractivity contribution is 5.82. The summed E-state index contributed by atoms with van der Waals surface area (Å²) in [5.74, 6) is 0.581. The molecule has 2 aliphatic rings. The van der Waals surface area contributed by atoms with Gasteiger partial charge in [0.1, 0.15) is 0 Å². The normalized spacial score (nSPS) is 26.4. The van der Waals surface area contributed by atoms with Gasteiger partial charge in [-0.3, -0.25) is 14.5 Å². The topological polar surface area (TPSA) is 66.6 Å². The zero-order valence-corrected chi connectivity index (χ0v) is 11.8. The van der Waals surface area contributed by atoms with Crippen LogP contribution in [0.15, 0.2) is 0 Å². The summed E-state index contributed by atoms with van der Waals surface area (Å²) in [7, 11) is 0. The summed E-state index contributed by atoms with van der Waals surface area (Å²) in [6, 6.07) is -0.249. The van der Waals surface area contributed by atoms with E-state index in [0.29, 0.717) is 6.54 Å². The van der Waals surface area contributed by atoms with E-state index in [1.54, 1.807) is 0 Å². The molecule has 0 aromatic carbocycles. The van der Waals surface area contributed by atoms with Gasteiger partial charge in [0.05, 0.1) is 12.6 Å². The van der Waals surface area contributed by atoms with E-state index in [2.05, 4.69) is 6.92 Å². The first-order valence-corrected chi connectivity index (χ1v) is 7.39. The first-order chi connectivity index (χ1) is 9.08. The van der Waals surface area contributed by atoms with Gasteiger partial charge < -0.3 is 10.6 Å². The van der Waals surface area contributed by atoms with Crippen LogP contribution in [0.5, 0.6) is 0 Å². The van der Waals surface area contributed by atoms with Crippen LogP contribution in [0.1, 0.15) is 39.0 Å². The molecule has 0 spiro atoms. The molecule has 2 amide bonds. The number of hydrogen-bond donors (Lipinski definition) is 1. The third-order valence-corrected chi connectivity index (χ3v) is 4.42. The first kappa shape index (κ1) is 14.3. The zero-order valence-electron chi connectivity index (χ0n) is 11.8. The molecule has 0 radical (unpaired) electrons. The largest absolute Gasteiger partial charge is 0.368 e. The molecule has 1 atom stereocenters. The fourth-order valence-corrected chi connectivity index (χ4v) is 3.03. The molecule has 2 N–H and O–H groups in total. The van der Waals surface area contributed by atoms with Crippen molar-refractivity contribution in [2.45, 2.75) is 45.1 Å². The second-order valence-electron chi connectivity index (χ2n) is 5.95. The molecule has 0 aliphatic carbocycles. The van der Waals surface area contributed by atoms with Crippen LogP contribution in [-0.4, -0.2) is 53.8 Å². The predicted molar refractivity (Wildman–Crippen MR) is 73.4 cm³/mol. The molecule has 5 heteroatoms. The van der Waals surface area contributed by atoms with E-state index in [1.165, 1.54) is 0 Å². The summed E-state index contributed by atoms with van der Waals surface area (Å²) in [6.07, 6.45) is 5.04. The quantitative estimate of drug-likeness (QED) is 0.813. The number of amides is 2. The maximum absolute atomic E-state index is 12.3. The Hall–Kier alpha value is -1.10. The minimum absolute atomic E-state index is 0.153. The lowest BCUT2D eigenvalue weighted by Gasteiger charge is -2.36. The van der Waals surface area contributed by atoms with Crippen LogP contribution in [0.2, 0.25) is 0 Å². The molecule has 0 bridgehead atoms. The number of rotatable bonds is 3. The number of likely N-dealkylation sites (tertiary alicyclic amines) is 2. The Labute approximate surface area is 115 Å². The average Bonchev–Trinajstić information content (AvgIpc) is 2.39. The zero-order chi connectivity index (χ0) is 13.8. The summed E-state index contributed by atoms with van der Waals surface area (Å²) >= 11 is 0. The molecule has 0 aromatic rings. The lowest BCUT2D eigenvalue weighted by molar-refractivity contribution is -0.136. The number of nitrogens with two attached hydrogens (primary N) is 1. The number of primary amides is 1. The van der Waals surface area contributed by atoms with Crippen molar-refractivity contribution in [3.05, 3.63) is 0 Å². The smallest absolute Gasteiger partial charge is 0.236 e. The van der Waals surface area contributed by atoms with Crippen LogP contribution in [0.4, 0.5) is 0 Å². The summed E-state index contributed by atoms with van der Waals surface area (Å²) in [5.41, 5.74) is 5.42. The SMILES string of the molecule is CC1CCN(C(=O)CN2CCCC[C@@H]2C(N)=O)CC1. The third kappa shape index (κ3) is 3.69. The molecule has 2 aliphatic heterocycles. The minimum Gasteiger partial charge on any atom is -0.368 e. The van der Waals surface area contributed by atoms with Crippen molar-refractivity contribution in [1.29, 1.82) is 0 Å². The highest BCUT2D eigenvalue weighted by atomic mass is 16.2. The summed E-state index contributed by atoms with van der Waals surface area (Å²) in [4.78, 5) is 27.6. The van der Waals surface area contributed by atoms with E-state index in [1.807, 2.05) is 9.80 Å². The number of hydrogen-bond acceptors (Lipinski definition) is 3. The van der Waals surface area contributed by atoms with Gasteiger partial charge in [-0.15, -0.1) is 0 Å². The molecule has 0 saturated carbocycles. The van der Waals surface area contributed by atoms with Crippen molar-refractivity contribution in [3.63, 3.8) is 0 Å². The van der Waals surface area contributed by atoms with Crippen LogP contribution in [0.25, 0.3) is 0 Å². The molecule has 0 aromatic heterocycles. The molecule has 2 fully saturated rings. The summed E-state index contributed by atoms with van der Waals surface area (Å²) < 4.78 is 0. The average molecular weight is 267 g/mol. The van der Waals surface area contributed by atoms with Crippen LogP contribution >= 0.6 is 0 Å². The van der Waals surface area contributed by atoms with E-state index < -0.39 is 0 Å². The fraction of sp³-hybridized carbons (Fsp3) is 0.857. The van der Waals surface area contributed by atoms with Crippen molar-refractivity contribution in [2.75, 3.05) is 26.2 Å². The minimum atomic E-state index is -0.292. The van der Waals surface area contributed by atoms with Crippen molar-refractivity contribution >= 4 is 11.8 Å². The molecular weight excluding hydrogens is 242 g/mol. The van der Waals surface area contributed by atoms with Gasteiger partial charge in [0.2, 0.25) is 11.8 Å². The van der Waals surface area contributed by atoms with Gasteiger partial charge in [-0.05, 0) is 38.1 Å². The highest BCUT2D eigenvalue weighted by Gasteiger charge is 2.30. The van der Waals surface area contributed by atoms with E-state index >= 15 is 0 Å². The van der Waals surface area contributed by atoms with Crippen LogP contribution < -0.4 is 5.73 Å². The molecule has 5 nitrogen and oxygen atoms in total. The van der Waals surface area contributed by atoms with Crippen LogP contribution in [0, 0.1) is 5.92 Å². The Morgan fingerprint density at radius 1 is 1.11 bits per heavy atom. The number of nitrogens with zero attached hydrogens (tertiary/aromatic N) is 2. The van der Waals surface area contributed by atoms with E-state index in [-0.39, 0.29) is 17.9 Å². The van der Waals surface area contributed by atoms with Gasteiger partial charge in [-0.2, -0.15) is 0 Å². The highest BCUT2D eigenvalue weighted by Crippen LogP contribution is 2.19. The molecule has 2 rings (SSSR count). The van der Waals surface area contributed by atoms with Crippen LogP contribution in [0.3, 0.4) is 0 Å². The Morgan fingerprint density at radius 2 is 1.79 bits per heavy atom. The van der Waals surface area contributed by atoms with Crippen molar-refractivity contribution in [3.8, 4) is 0 Å². The lowest BCUT2D eigenvalue weighted by atomic mass is 9.99. The predicted octanol–water partition coefficient (Wildman–Crippen LogP) is 0.585. The second-order valence-corrected chi connectivity index (χ2v) is 5.95. The molecule has 108 valence electrons. The number of piperidine rings is 2. The van der Waals surface area contributed by atoms with Gasteiger partial charge >= 0.3 is 0 Å². The van der Waals surface area contributed by atoms with Gasteiger partial charge in [-0.1, -0.05) is 13.3 Å². The Kier molecular flexibility index (Phi) is 4.80.